The van der Waals surface area contributed by atoms with Gasteiger partial charge in [-0.25, -0.2) is 8.78 Å². The second-order valence-electron chi connectivity index (χ2n) is 8.41. The molecule has 1 aromatic heterocycles. The Labute approximate surface area is 185 Å². The van der Waals surface area contributed by atoms with E-state index in [1.807, 2.05) is 13.8 Å². The molecule has 2 aliphatic rings. The highest BCUT2D eigenvalue weighted by molar-refractivity contribution is 6.30. The molecule has 5 rings (SSSR count). The maximum Gasteiger partial charge on any atom is 0.167 e. The fraction of sp³-hybridized carbons (Fsp3) is 0.375. The van der Waals surface area contributed by atoms with E-state index in [4.69, 9.17) is 16.3 Å². The molecular weight excluding hydrogens is 420 g/mol. The van der Waals surface area contributed by atoms with Crippen molar-refractivity contribution in [2.24, 2.45) is 5.92 Å². The number of hydrogen-bond donors (Lipinski definition) is 0. The van der Waals surface area contributed by atoms with Crippen LogP contribution in [0.5, 0.6) is 5.75 Å². The predicted octanol–water partition coefficient (Wildman–Crippen LogP) is 6.26. The average molecular weight is 443 g/mol. The van der Waals surface area contributed by atoms with Crippen LogP contribution < -0.4 is 4.74 Å². The van der Waals surface area contributed by atoms with Crippen LogP contribution in [0, 0.1) is 37.3 Å². The predicted molar refractivity (Wildman–Crippen MR) is 114 cm³/mol. The molecule has 1 saturated carbocycles. The highest BCUT2D eigenvalue weighted by Crippen LogP contribution is 2.50. The standard InChI is InChI=1S/C24H23ClF2N3O/c1-13-28-29-14(2)30(13)17-7-8-23(22(27)11-17)31-24-18(15-5-3-4-6-15)12-19-20(24)9-16(25)10-21(19)26/h7-11,18,24H,3-6,12H2,1-2H3/t18-,24-/m0/s1. The molecule has 0 spiro atoms. The molecule has 7 heteroatoms. The van der Waals surface area contributed by atoms with Gasteiger partial charge in [0.05, 0.1) is 5.69 Å². The fourth-order valence-corrected chi connectivity index (χ4v) is 5.26. The fourth-order valence-electron chi connectivity index (χ4n) is 5.04. The van der Waals surface area contributed by atoms with Crippen molar-refractivity contribution in [2.75, 3.05) is 0 Å². The summed E-state index contributed by atoms with van der Waals surface area (Å²) in [5.41, 5.74) is 1.99. The van der Waals surface area contributed by atoms with Crippen LogP contribution in [0.3, 0.4) is 0 Å². The van der Waals surface area contributed by atoms with Gasteiger partial charge in [0.1, 0.15) is 23.6 Å². The van der Waals surface area contributed by atoms with Crippen LogP contribution in [-0.4, -0.2) is 14.8 Å². The number of fused-ring (bicyclic) bond motifs is 1. The topological polar surface area (TPSA) is 39.9 Å². The third-order valence-electron chi connectivity index (χ3n) is 6.48. The van der Waals surface area contributed by atoms with E-state index in [-0.39, 0.29) is 17.5 Å². The summed E-state index contributed by atoms with van der Waals surface area (Å²) >= 11 is 6.15. The highest BCUT2D eigenvalue weighted by Gasteiger charge is 2.42. The molecule has 1 fully saturated rings. The van der Waals surface area contributed by atoms with Gasteiger partial charge in [0, 0.05) is 22.6 Å². The lowest BCUT2D eigenvalue weighted by Crippen LogP contribution is -2.20. The lowest BCUT2D eigenvalue weighted by Gasteiger charge is -2.27. The van der Waals surface area contributed by atoms with Gasteiger partial charge in [-0.2, -0.15) is 0 Å². The first-order valence-corrected chi connectivity index (χ1v) is 11.0. The van der Waals surface area contributed by atoms with E-state index in [1.165, 1.54) is 18.1 Å². The monoisotopic (exact) mass is 442 g/mol. The molecule has 4 nitrogen and oxygen atoms in total. The molecule has 0 unspecified atom stereocenters. The Morgan fingerprint density at radius 1 is 1.00 bits per heavy atom. The van der Waals surface area contributed by atoms with Gasteiger partial charge in [0.2, 0.25) is 0 Å². The Kier molecular flexibility index (Phi) is 5.21. The van der Waals surface area contributed by atoms with Gasteiger partial charge >= 0.3 is 0 Å². The minimum atomic E-state index is -0.476. The SMILES string of the molecule is Cc1nnc(C)n1-c1ccc(O[C@@H]2c3cc(Cl)cc(F)c3C[C@H]2[C]2CCCC2)c(F)c1. The van der Waals surface area contributed by atoms with Gasteiger partial charge in [-0.05, 0) is 68.9 Å². The van der Waals surface area contributed by atoms with Crippen molar-refractivity contribution in [1.29, 1.82) is 0 Å². The van der Waals surface area contributed by atoms with Crippen LogP contribution in [-0.2, 0) is 6.42 Å². The van der Waals surface area contributed by atoms with Gasteiger partial charge in [-0.1, -0.05) is 24.4 Å². The van der Waals surface area contributed by atoms with Gasteiger partial charge in [-0.15, -0.1) is 10.2 Å². The minimum absolute atomic E-state index is 0.0341. The molecular formula is C24H23ClF2N3O. The van der Waals surface area contributed by atoms with Crippen LogP contribution in [0.25, 0.3) is 5.69 Å². The zero-order chi connectivity index (χ0) is 21.7. The molecule has 1 radical (unpaired) electrons. The van der Waals surface area contributed by atoms with Crippen molar-refractivity contribution >= 4 is 11.6 Å². The van der Waals surface area contributed by atoms with Gasteiger partial charge < -0.3 is 4.74 Å². The second kappa shape index (κ2) is 7.90. The van der Waals surface area contributed by atoms with Crippen molar-refractivity contribution in [3.05, 3.63) is 75.7 Å². The maximum absolute atomic E-state index is 15.1. The van der Waals surface area contributed by atoms with E-state index in [9.17, 15) is 4.39 Å². The first-order chi connectivity index (χ1) is 14.9. The van der Waals surface area contributed by atoms with Crippen LogP contribution >= 0.6 is 11.6 Å². The summed E-state index contributed by atoms with van der Waals surface area (Å²) in [7, 11) is 0. The Bertz CT molecular complexity index is 1120. The number of halogens is 3. The molecule has 0 bridgehead atoms. The smallest absolute Gasteiger partial charge is 0.167 e. The number of aromatic nitrogens is 3. The number of hydrogen-bond acceptors (Lipinski definition) is 3. The molecule has 0 aliphatic heterocycles. The molecule has 31 heavy (non-hydrogen) atoms. The molecule has 2 aliphatic carbocycles. The summed E-state index contributed by atoms with van der Waals surface area (Å²) in [6.45, 7) is 3.64. The van der Waals surface area contributed by atoms with Crippen LogP contribution in [0.4, 0.5) is 8.78 Å². The van der Waals surface area contributed by atoms with Crippen molar-refractivity contribution in [2.45, 2.75) is 52.1 Å². The van der Waals surface area contributed by atoms with Gasteiger partial charge in [-0.3, -0.25) is 4.57 Å². The van der Waals surface area contributed by atoms with Crippen molar-refractivity contribution in [3.63, 3.8) is 0 Å². The molecule has 0 N–H and O–H groups in total. The normalized spacial score (nSPS) is 20.9. The first kappa shape index (κ1) is 20.4. The minimum Gasteiger partial charge on any atom is -0.482 e. The molecule has 161 valence electrons. The Hall–Kier alpha value is -2.47. The molecule has 0 amide bonds. The maximum atomic E-state index is 15.1. The van der Waals surface area contributed by atoms with Crippen molar-refractivity contribution < 1.29 is 13.5 Å². The van der Waals surface area contributed by atoms with E-state index >= 15 is 4.39 Å². The number of nitrogens with zero attached hydrogens (tertiary/aromatic N) is 3. The third kappa shape index (κ3) is 3.61. The molecule has 2 aromatic carbocycles. The number of benzene rings is 2. The van der Waals surface area contributed by atoms with Gasteiger partial charge in [0.25, 0.3) is 0 Å². The van der Waals surface area contributed by atoms with E-state index in [1.54, 1.807) is 22.8 Å². The lowest BCUT2D eigenvalue weighted by atomic mass is 9.86. The van der Waals surface area contributed by atoms with Crippen molar-refractivity contribution in [3.8, 4) is 11.4 Å². The number of aryl methyl sites for hydroxylation is 2. The van der Waals surface area contributed by atoms with Crippen molar-refractivity contribution in [1.82, 2.24) is 14.8 Å². The zero-order valence-corrected chi connectivity index (χ0v) is 18.2. The second-order valence-corrected chi connectivity index (χ2v) is 8.85. The quantitative estimate of drug-likeness (QED) is 0.479. The van der Waals surface area contributed by atoms with E-state index in [0.29, 0.717) is 34.3 Å². The lowest BCUT2D eigenvalue weighted by molar-refractivity contribution is 0.147. The van der Waals surface area contributed by atoms with Crippen LogP contribution in [0.1, 0.15) is 54.6 Å². The Morgan fingerprint density at radius 3 is 2.39 bits per heavy atom. The summed E-state index contributed by atoms with van der Waals surface area (Å²) in [6.07, 6.45) is 4.42. The summed E-state index contributed by atoms with van der Waals surface area (Å²) < 4.78 is 37.8. The molecule has 1 heterocycles. The molecule has 2 atom stereocenters. The number of rotatable bonds is 4. The Morgan fingerprint density at radius 2 is 1.71 bits per heavy atom. The van der Waals surface area contributed by atoms with Gasteiger partial charge in [0.15, 0.2) is 11.6 Å². The van der Waals surface area contributed by atoms with E-state index in [0.717, 1.165) is 31.2 Å². The van der Waals surface area contributed by atoms with Crippen LogP contribution in [0.2, 0.25) is 5.02 Å². The van der Waals surface area contributed by atoms with E-state index in [2.05, 4.69) is 10.2 Å². The molecule has 3 aromatic rings. The zero-order valence-electron chi connectivity index (χ0n) is 17.5. The Balaban J connectivity index is 1.50. The van der Waals surface area contributed by atoms with Crippen LogP contribution in [0.15, 0.2) is 30.3 Å². The molecule has 0 saturated heterocycles. The summed E-state index contributed by atoms with van der Waals surface area (Å²) in [5, 5.41) is 8.39. The first-order valence-electron chi connectivity index (χ1n) is 10.6. The highest BCUT2D eigenvalue weighted by atomic mass is 35.5. The average Bonchev–Trinajstić information content (AvgIpc) is 3.44. The number of ether oxygens (including phenoxy) is 1. The largest absolute Gasteiger partial charge is 0.482 e. The van der Waals surface area contributed by atoms with E-state index < -0.39 is 11.9 Å². The summed E-state index contributed by atoms with van der Waals surface area (Å²) in [6, 6.07) is 7.94. The summed E-state index contributed by atoms with van der Waals surface area (Å²) in [4.78, 5) is 0. The third-order valence-corrected chi connectivity index (χ3v) is 6.69. The summed E-state index contributed by atoms with van der Waals surface area (Å²) in [5.74, 6) is 2.13.